The minimum absolute atomic E-state index is 0.0415. The van der Waals surface area contributed by atoms with E-state index in [1.165, 1.54) is 0 Å². The predicted octanol–water partition coefficient (Wildman–Crippen LogP) is 4.09. The van der Waals surface area contributed by atoms with Gasteiger partial charge in [0, 0.05) is 23.2 Å². The molecule has 5 nitrogen and oxygen atoms in total. The summed E-state index contributed by atoms with van der Waals surface area (Å²) in [6.07, 6.45) is 0.996. The van der Waals surface area contributed by atoms with Crippen molar-refractivity contribution in [1.82, 2.24) is 4.90 Å². The average molecular weight is 431 g/mol. The summed E-state index contributed by atoms with van der Waals surface area (Å²) in [5.41, 5.74) is 0.776. The van der Waals surface area contributed by atoms with Gasteiger partial charge in [-0.2, -0.15) is 0 Å². The van der Waals surface area contributed by atoms with Crippen LogP contribution in [0, 0.1) is 5.92 Å². The molecule has 0 unspecified atom stereocenters. The largest absolute Gasteiger partial charge is 0.481 e. The van der Waals surface area contributed by atoms with E-state index in [0.717, 1.165) is 23.0 Å². The van der Waals surface area contributed by atoms with Gasteiger partial charge in [-0.3, -0.25) is 9.59 Å². The molecular formula is C21H23BrN2O3. The standard InChI is InChI=1S/C21H23BrN2O3/c1-15(27-19-11-9-17(22)10-12-19)21(26)24-13-5-6-16(14-24)20(25)23-18-7-3-2-4-8-18/h2-4,7-12,15-16H,5-6,13-14H2,1H3,(H,23,25)/t15-,16+/m0/s1. The summed E-state index contributed by atoms with van der Waals surface area (Å²) in [4.78, 5) is 27.0. The van der Waals surface area contributed by atoms with Crippen molar-refractivity contribution in [3.63, 3.8) is 0 Å². The Balaban J connectivity index is 1.57. The second-order valence-electron chi connectivity index (χ2n) is 6.69. The first kappa shape index (κ1) is 19.4. The fourth-order valence-corrected chi connectivity index (χ4v) is 3.45. The number of amides is 2. The molecule has 2 aromatic carbocycles. The normalized spacial score (nSPS) is 17.9. The maximum Gasteiger partial charge on any atom is 0.263 e. The van der Waals surface area contributed by atoms with Crippen LogP contribution in [-0.4, -0.2) is 35.9 Å². The van der Waals surface area contributed by atoms with Crippen LogP contribution in [0.15, 0.2) is 59.1 Å². The summed E-state index contributed by atoms with van der Waals surface area (Å²) >= 11 is 3.38. The van der Waals surface area contributed by atoms with Crippen LogP contribution in [0.2, 0.25) is 0 Å². The minimum Gasteiger partial charge on any atom is -0.481 e. The molecule has 2 atom stereocenters. The zero-order valence-corrected chi connectivity index (χ0v) is 16.8. The van der Waals surface area contributed by atoms with Crippen molar-refractivity contribution in [2.24, 2.45) is 5.92 Å². The molecule has 6 heteroatoms. The Bertz CT molecular complexity index is 780. The van der Waals surface area contributed by atoms with Gasteiger partial charge in [0.05, 0.1) is 5.92 Å². The van der Waals surface area contributed by atoms with Crippen LogP contribution in [0.4, 0.5) is 5.69 Å². The van der Waals surface area contributed by atoms with Gasteiger partial charge < -0.3 is 15.0 Å². The van der Waals surface area contributed by atoms with E-state index < -0.39 is 6.10 Å². The van der Waals surface area contributed by atoms with Crippen LogP contribution >= 0.6 is 15.9 Å². The molecule has 2 aromatic rings. The molecule has 1 aliphatic rings. The van der Waals surface area contributed by atoms with E-state index in [4.69, 9.17) is 4.74 Å². The molecule has 27 heavy (non-hydrogen) atoms. The van der Waals surface area contributed by atoms with Gasteiger partial charge in [0.1, 0.15) is 5.75 Å². The lowest BCUT2D eigenvalue weighted by Gasteiger charge is -2.33. The first-order valence-corrected chi connectivity index (χ1v) is 9.89. The highest BCUT2D eigenvalue weighted by Gasteiger charge is 2.31. The number of benzene rings is 2. The van der Waals surface area contributed by atoms with E-state index in [9.17, 15) is 9.59 Å². The quantitative estimate of drug-likeness (QED) is 0.776. The minimum atomic E-state index is -0.595. The Hall–Kier alpha value is -2.34. The monoisotopic (exact) mass is 430 g/mol. The molecule has 0 spiro atoms. The summed E-state index contributed by atoms with van der Waals surface area (Å²) in [5, 5.41) is 2.93. The number of para-hydroxylation sites is 1. The van der Waals surface area contributed by atoms with Gasteiger partial charge in [-0.25, -0.2) is 0 Å². The summed E-state index contributed by atoms with van der Waals surface area (Å²) in [6, 6.07) is 16.8. The summed E-state index contributed by atoms with van der Waals surface area (Å²) < 4.78 is 6.72. The zero-order valence-electron chi connectivity index (χ0n) is 15.2. The predicted molar refractivity (Wildman–Crippen MR) is 109 cm³/mol. The number of hydrogen-bond acceptors (Lipinski definition) is 3. The molecule has 0 aliphatic carbocycles. The van der Waals surface area contributed by atoms with E-state index >= 15 is 0 Å². The van der Waals surface area contributed by atoms with Gasteiger partial charge in [-0.05, 0) is 56.2 Å². The van der Waals surface area contributed by atoms with E-state index in [-0.39, 0.29) is 17.7 Å². The maximum absolute atomic E-state index is 12.8. The third-order valence-corrected chi connectivity index (χ3v) is 5.15. The van der Waals surface area contributed by atoms with E-state index in [1.807, 2.05) is 54.6 Å². The topological polar surface area (TPSA) is 58.6 Å². The Morgan fingerprint density at radius 1 is 1.15 bits per heavy atom. The number of nitrogens with zero attached hydrogens (tertiary/aromatic N) is 1. The number of carbonyl (C=O) groups excluding carboxylic acids is 2. The third kappa shape index (κ3) is 5.32. The fraction of sp³-hybridized carbons (Fsp3) is 0.333. The van der Waals surface area contributed by atoms with Gasteiger partial charge in [-0.1, -0.05) is 34.1 Å². The Morgan fingerprint density at radius 3 is 2.56 bits per heavy atom. The van der Waals surface area contributed by atoms with Gasteiger partial charge >= 0.3 is 0 Å². The van der Waals surface area contributed by atoms with Gasteiger partial charge in [-0.15, -0.1) is 0 Å². The zero-order chi connectivity index (χ0) is 19.2. The van der Waals surface area contributed by atoms with Gasteiger partial charge in [0.25, 0.3) is 5.91 Å². The smallest absolute Gasteiger partial charge is 0.263 e. The number of carbonyl (C=O) groups is 2. The molecule has 142 valence electrons. The highest BCUT2D eigenvalue weighted by molar-refractivity contribution is 9.10. The van der Waals surface area contributed by atoms with Crippen molar-refractivity contribution in [2.75, 3.05) is 18.4 Å². The van der Waals surface area contributed by atoms with Gasteiger partial charge in [0.15, 0.2) is 6.10 Å². The van der Waals surface area contributed by atoms with Crippen LogP contribution in [-0.2, 0) is 9.59 Å². The molecule has 2 amide bonds. The van der Waals surface area contributed by atoms with Crippen LogP contribution in [0.25, 0.3) is 0 Å². The Morgan fingerprint density at radius 2 is 1.85 bits per heavy atom. The Kier molecular flexibility index (Phi) is 6.50. The number of anilines is 1. The number of likely N-dealkylation sites (tertiary alicyclic amines) is 1. The van der Waals surface area contributed by atoms with Crippen LogP contribution in [0.5, 0.6) is 5.75 Å². The van der Waals surface area contributed by atoms with E-state index in [0.29, 0.717) is 18.8 Å². The molecule has 3 rings (SSSR count). The SMILES string of the molecule is C[C@H](Oc1ccc(Br)cc1)C(=O)N1CCC[C@@H](C(=O)Nc2ccccc2)C1. The second kappa shape index (κ2) is 9.04. The van der Waals surface area contributed by atoms with Crippen molar-refractivity contribution in [2.45, 2.75) is 25.9 Å². The number of nitrogens with one attached hydrogen (secondary N) is 1. The van der Waals surface area contributed by atoms with Crippen molar-refractivity contribution in [3.8, 4) is 5.75 Å². The lowest BCUT2D eigenvalue weighted by Crippen LogP contribution is -2.48. The number of halogens is 1. The van der Waals surface area contributed by atoms with Crippen LogP contribution < -0.4 is 10.1 Å². The molecule has 1 saturated heterocycles. The lowest BCUT2D eigenvalue weighted by atomic mass is 9.96. The molecule has 1 heterocycles. The molecule has 0 saturated carbocycles. The highest BCUT2D eigenvalue weighted by atomic mass is 79.9. The lowest BCUT2D eigenvalue weighted by molar-refractivity contribution is -0.140. The summed E-state index contributed by atoms with van der Waals surface area (Å²) in [7, 11) is 0. The van der Waals surface area contributed by atoms with Crippen molar-refractivity contribution in [1.29, 1.82) is 0 Å². The summed E-state index contributed by atoms with van der Waals surface area (Å²) in [6.45, 7) is 2.82. The molecule has 0 aromatic heterocycles. The molecule has 1 N–H and O–H groups in total. The highest BCUT2D eigenvalue weighted by Crippen LogP contribution is 2.21. The molecular weight excluding hydrogens is 408 g/mol. The first-order chi connectivity index (χ1) is 13.0. The van der Waals surface area contributed by atoms with E-state index in [2.05, 4.69) is 21.2 Å². The number of hydrogen-bond donors (Lipinski definition) is 1. The molecule has 0 radical (unpaired) electrons. The molecule has 1 aliphatic heterocycles. The van der Waals surface area contributed by atoms with E-state index in [1.54, 1.807) is 11.8 Å². The number of piperidine rings is 1. The Labute approximate surface area is 167 Å². The maximum atomic E-state index is 12.8. The van der Waals surface area contributed by atoms with Crippen molar-refractivity contribution >= 4 is 33.4 Å². The van der Waals surface area contributed by atoms with Crippen molar-refractivity contribution < 1.29 is 14.3 Å². The molecule has 1 fully saturated rings. The first-order valence-electron chi connectivity index (χ1n) is 9.10. The fourth-order valence-electron chi connectivity index (χ4n) is 3.18. The molecule has 0 bridgehead atoms. The van der Waals surface area contributed by atoms with Crippen LogP contribution in [0.3, 0.4) is 0 Å². The second-order valence-corrected chi connectivity index (χ2v) is 7.61. The third-order valence-electron chi connectivity index (χ3n) is 4.62. The van der Waals surface area contributed by atoms with Crippen LogP contribution in [0.1, 0.15) is 19.8 Å². The average Bonchev–Trinajstić information content (AvgIpc) is 2.70. The van der Waals surface area contributed by atoms with Crippen molar-refractivity contribution in [3.05, 3.63) is 59.1 Å². The number of rotatable bonds is 5. The number of ether oxygens (including phenoxy) is 1. The summed E-state index contributed by atoms with van der Waals surface area (Å²) in [5.74, 6) is 0.313. The van der Waals surface area contributed by atoms with Gasteiger partial charge in [0.2, 0.25) is 5.91 Å².